The molecule has 0 spiro atoms. The van der Waals surface area contributed by atoms with Crippen molar-refractivity contribution in [3.8, 4) is 11.5 Å². The number of carbonyl (C=O) groups excluding carboxylic acids is 1. The summed E-state index contributed by atoms with van der Waals surface area (Å²) < 4.78 is 17.2. The molecule has 0 bridgehead atoms. The number of carbonyl (C=O) groups is 1. The molecule has 130 valence electrons. The lowest BCUT2D eigenvalue weighted by Gasteiger charge is -2.32. The molecule has 1 amide bonds. The summed E-state index contributed by atoms with van der Waals surface area (Å²) in [6.07, 6.45) is 3.34. The molecule has 1 aromatic carbocycles. The molecule has 0 radical (unpaired) electrons. The van der Waals surface area contributed by atoms with Gasteiger partial charge in [-0.2, -0.15) is 11.8 Å². The van der Waals surface area contributed by atoms with E-state index >= 15 is 0 Å². The molecule has 2 saturated heterocycles. The van der Waals surface area contributed by atoms with Crippen molar-refractivity contribution in [2.45, 2.75) is 31.4 Å². The summed E-state index contributed by atoms with van der Waals surface area (Å²) in [5.41, 5.74) is 0.613. The zero-order valence-corrected chi connectivity index (χ0v) is 14.6. The van der Waals surface area contributed by atoms with Crippen molar-refractivity contribution in [1.82, 2.24) is 4.90 Å². The summed E-state index contributed by atoms with van der Waals surface area (Å²) in [5.74, 6) is 3.43. The summed E-state index contributed by atoms with van der Waals surface area (Å²) in [6, 6.07) is 5.86. The van der Waals surface area contributed by atoms with E-state index in [1.54, 1.807) is 0 Å². The molecule has 2 fully saturated rings. The molecule has 6 heteroatoms. The van der Waals surface area contributed by atoms with Gasteiger partial charge in [-0.05, 0) is 37.1 Å². The lowest BCUT2D eigenvalue weighted by Crippen LogP contribution is -2.45. The fourth-order valence-corrected chi connectivity index (χ4v) is 4.79. The molecular weight excluding hydrogens is 326 g/mol. The molecular formula is C18H23NO4S. The first kappa shape index (κ1) is 16.1. The minimum atomic E-state index is 0.0420. The van der Waals surface area contributed by atoms with Crippen LogP contribution in [0.1, 0.15) is 29.6 Å². The summed E-state index contributed by atoms with van der Waals surface area (Å²) in [5, 5.41) is 0. The van der Waals surface area contributed by atoms with Crippen molar-refractivity contribution in [2.24, 2.45) is 0 Å². The molecule has 24 heavy (non-hydrogen) atoms. The lowest BCUT2D eigenvalue weighted by atomic mass is 10.1. The van der Waals surface area contributed by atoms with Crippen molar-refractivity contribution >= 4 is 17.7 Å². The third kappa shape index (κ3) is 3.22. The molecule has 2 atom stereocenters. The highest BCUT2D eigenvalue weighted by molar-refractivity contribution is 7.99. The number of ether oxygens (including phenoxy) is 3. The number of amides is 1. The largest absolute Gasteiger partial charge is 0.486 e. The molecule has 3 aliphatic rings. The van der Waals surface area contributed by atoms with Gasteiger partial charge in [-0.25, -0.2) is 0 Å². The fourth-order valence-electron chi connectivity index (χ4n) is 3.57. The number of thioether (sulfide) groups is 1. The van der Waals surface area contributed by atoms with Crippen molar-refractivity contribution in [2.75, 3.05) is 37.9 Å². The summed E-state index contributed by atoms with van der Waals surface area (Å²) >= 11 is 1.92. The second-order valence-electron chi connectivity index (χ2n) is 6.44. The van der Waals surface area contributed by atoms with Crippen LogP contribution >= 0.6 is 11.8 Å². The molecule has 0 saturated carbocycles. The van der Waals surface area contributed by atoms with Gasteiger partial charge in [-0.15, -0.1) is 0 Å². The topological polar surface area (TPSA) is 48.0 Å². The van der Waals surface area contributed by atoms with Gasteiger partial charge in [0.1, 0.15) is 13.2 Å². The number of para-hydroxylation sites is 1. The summed E-state index contributed by atoms with van der Waals surface area (Å²) in [4.78, 5) is 15.3. The Morgan fingerprint density at radius 3 is 2.92 bits per heavy atom. The molecule has 0 aliphatic carbocycles. The third-order valence-electron chi connectivity index (χ3n) is 4.83. The van der Waals surface area contributed by atoms with E-state index < -0.39 is 0 Å². The van der Waals surface area contributed by atoms with E-state index in [1.165, 1.54) is 0 Å². The van der Waals surface area contributed by atoms with Crippen LogP contribution < -0.4 is 9.47 Å². The van der Waals surface area contributed by atoms with Crippen LogP contribution in [0, 0.1) is 0 Å². The van der Waals surface area contributed by atoms with Gasteiger partial charge >= 0.3 is 0 Å². The minimum Gasteiger partial charge on any atom is -0.486 e. The van der Waals surface area contributed by atoms with Gasteiger partial charge in [0.15, 0.2) is 11.5 Å². The SMILES string of the molecule is O=C(c1cccc2c1OCCO2)N(CC1CCCO1)C1CCSC1. The van der Waals surface area contributed by atoms with Crippen molar-refractivity contribution in [3.05, 3.63) is 23.8 Å². The van der Waals surface area contributed by atoms with Crippen LogP contribution in [0.4, 0.5) is 0 Å². The number of fused-ring (bicyclic) bond motifs is 1. The minimum absolute atomic E-state index is 0.0420. The molecule has 0 aromatic heterocycles. The van der Waals surface area contributed by atoms with Gasteiger partial charge < -0.3 is 19.1 Å². The smallest absolute Gasteiger partial charge is 0.258 e. The van der Waals surface area contributed by atoms with E-state index in [2.05, 4.69) is 0 Å². The second-order valence-corrected chi connectivity index (χ2v) is 7.59. The Balaban J connectivity index is 1.60. The molecule has 1 aromatic rings. The quantitative estimate of drug-likeness (QED) is 0.836. The Labute approximate surface area is 146 Å². The van der Waals surface area contributed by atoms with Crippen LogP contribution in [-0.4, -0.2) is 60.8 Å². The normalized spacial score (nSPS) is 25.7. The zero-order chi connectivity index (χ0) is 16.4. The Kier molecular flexibility index (Phi) is 4.85. The molecule has 3 aliphatic heterocycles. The molecule has 2 unspecified atom stereocenters. The molecule has 4 rings (SSSR count). The van der Waals surface area contributed by atoms with Crippen LogP contribution in [0.25, 0.3) is 0 Å². The predicted octanol–water partition coefficient (Wildman–Crippen LogP) is 2.58. The van der Waals surface area contributed by atoms with Gasteiger partial charge in [0.2, 0.25) is 0 Å². The predicted molar refractivity (Wildman–Crippen MR) is 93.2 cm³/mol. The van der Waals surface area contributed by atoms with Crippen molar-refractivity contribution in [3.63, 3.8) is 0 Å². The number of benzene rings is 1. The number of hydrogen-bond donors (Lipinski definition) is 0. The van der Waals surface area contributed by atoms with Gasteiger partial charge in [-0.1, -0.05) is 6.07 Å². The van der Waals surface area contributed by atoms with Gasteiger partial charge in [-0.3, -0.25) is 4.79 Å². The fraction of sp³-hybridized carbons (Fsp3) is 0.611. The summed E-state index contributed by atoms with van der Waals surface area (Å²) in [6.45, 7) is 2.50. The van der Waals surface area contributed by atoms with E-state index in [1.807, 2.05) is 34.9 Å². The Morgan fingerprint density at radius 2 is 2.12 bits per heavy atom. The molecule has 0 N–H and O–H groups in total. The maximum atomic E-state index is 13.3. The number of hydrogen-bond acceptors (Lipinski definition) is 5. The van der Waals surface area contributed by atoms with E-state index in [0.717, 1.165) is 37.4 Å². The Hall–Kier alpha value is -1.40. The zero-order valence-electron chi connectivity index (χ0n) is 13.7. The second kappa shape index (κ2) is 7.23. The number of rotatable bonds is 4. The first-order valence-corrected chi connectivity index (χ1v) is 9.87. The van der Waals surface area contributed by atoms with Gasteiger partial charge in [0, 0.05) is 24.9 Å². The van der Waals surface area contributed by atoms with Crippen LogP contribution in [0.15, 0.2) is 18.2 Å². The maximum Gasteiger partial charge on any atom is 0.258 e. The van der Waals surface area contributed by atoms with Crippen LogP contribution in [0.3, 0.4) is 0 Å². The Morgan fingerprint density at radius 1 is 1.21 bits per heavy atom. The third-order valence-corrected chi connectivity index (χ3v) is 5.97. The highest BCUT2D eigenvalue weighted by Gasteiger charge is 2.33. The van der Waals surface area contributed by atoms with E-state index in [9.17, 15) is 4.79 Å². The van der Waals surface area contributed by atoms with Crippen molar-refractivity contribution in [1.29, 1.82) is 0 Å². The summed E-state index contributed by atoms with van der Waals surface area (Å²) in [7, 11) is 0. The van der Waals surface area contributed by atoms with Gasteiger partial charge in [0.25, 0.3) is 5.91 Å². The maximum absolute atomic E-state index is 13.3. The first-order valence-electron chi connectivity index (χ1n) is 8.72. The lowest BCUT2D eigenvalue weighted by molar-refractivity contribution is 0.0436. The molecule has 5 nitrogen and oxygen atoms in total. The van der Waals surface area contributed by atoms with Gasteiger partial charge in [0.05, 0.1) is 11.7 Å². The van der Waals surface area contributed by atoms with E-state index in [0.29, 0.717) is 36.8 Å². The monoisotopic (exact) mass is 349 g/mol. The number of nitrogens with zero attached hydrogens (tertiary/aromatic N) is 1. The van der Waals surface area contributed by atoms with E-state index in [-0.39, 0.29) is 18.1 Å². The van der Waals surface area contributed by atoms with Crippen LogP contribution in [0.2, 0.25) is 0 Å². The van der Waals surface area contributed by atoms with Crippen LogP contribution in [0.5, 0.6) is 11.5 Å². The van der Waals surface area contributed by atoms with Crippen molar-refractivity contribution < 1.29 is 19.0 Å². The Bertz CT molecular complexity index is 597. The van der Waals surface area contributed by atoms with E-state index in [4.69, 9.17) is 14.2 Å². The average molecular weight is 349 g/mol. The average Bonchev–Trinajstić information content (AvgIpc) is 3.32. The molecule has 3 heterocycles. The highest BCUT2D eigenvalue weighted by atomic mass is 32.2. The standard InChI is InChI=1S/C18H23NO4S/c20-18(15-4-1-5-16-17(15)23-9-8-22-16)19(13-6-10-24-12-13)11-14-3-2-7-21-14/h1,4-5,13-14H,2-3,6-12H2. The first-order chi connectivity index (χ1) is 11.8. The highest BCUT2D eigenvalue weighted by Crippen LogP contribution is 2.35. The van der Waals surface area contributed by atoms with Crippen LogP contribution in [-0.2, 0) is 4.74 Å².